The second-order valence-corrected chi connectivity index (χ2v) is 6.54. The molecule has 3 nitrogen and oxygen atoms in total. The molecule has 0 amide bonds. The minimum Gasteiger partial charge on any atom is -0.496 e. The van der Waals surface area contributed by atoms with Crippen LogP contribution < -0.4 is 10.1 Å². The van der Waals surface area contributed by atoms with Gasteiger partial charge in [0.2, 0.25) is 0 Å². The maximum absolute atomic E-state index is 13.4. The highest BCUT2D eigenvalue weighted by atomic mass is 19.1. The third kappa shape index (κ3) is 3.26. The van der Waals surface area contributed by atoms with Gasteiger partial charge in [0.25, 0.3) is 0 Å². The minimum absolute atomic E-state index is 0.150. The summed E-state index contributed by atoms with van der Waals surface area (Å²) in [6.07, 6.45) is 0. The number of aromatic amines is 1. The van der Waals surface area contributed by atoms with Gasteiger partial charge in [0, 0.05) is 33.4 Å². The minimum atomic E-state index is -0.252. The van der Waals surface area contributed by atoms with Crippen LogP contribution in [-0.4, -0.2) is 12.1 Å². The van der Waals surface area contributed by atoms with Crippen molar-refractivity contribution >= 4 is 16.6 Å². The Hall–Kier alpha value is -3.27. The molecule has 136 valence electrons. The zero-order chi connectivity index (χ0) is 18.8. The highest BCUT2D eigenvalue weighted by molar-refractivity contribution is 5.86. The van der Waals surface area contributed by atoms with Crippen LogP contribution in [0.3, 0.4) is 0 Å². The van der Waals surface area contributed by atoms with Crippen LogP contribution in [0, 0.1) is 12.7 Å². The molecule has 0 bridgehead atoms. The lowest BCUT2D eigenvalue weighted by atomic mass is 9.95. The number of ether oxygens (including phenoxy) is 1. The van der Waals surface area contributed by atoms with Crippen LogP contribution in [-0.2, 0) is 0 Å². The molecule has 0 saturated carbocycles. The first-order valence-electron chi connectivity index (χ1n) is 8.89. The standard InChI is InChI=1S/C23H21FN2O/c1-15-22(18-7-3-5-9-20(18)25-15)23(19-8-4-6-10-21(19)27-2)26-17-13-11-16(24)12-14-17/h3-14,23,25-26H,1-2H3. The van der Waals surface area contributed by atoms with E-state index in [0.29, 0.717) is 0 Å². The van der Waals surface area contributed by atoms with Crippen molar-refractivity contribution in [2.45, 2.75) is 13.0 Å². The van der Waals surface area contributed by atoms with E-state index in [1.807, 2.05) is 30.3 Å². The number of rotatable bonds is 5. The first-order valence-corrected chi connectivity index (χ1v) is 8.89. The van der Waals surface area contributed by atoms with Crippen LogP contribution in [0.1, 0.15) is 22.9 Å². The molecule has 4 heteroatoms. The monoisotopic (exact) mass is 360 g/mol. The second-order valence-electron chi connectivity index (χ2n) is 6.54. The fourth-order valence-corrected chi connectivity index (χ4v) is 3.59. The molecule has 0 saturated heterocycles. The van der Waals surface area contributed by atoms with Gasteiger partial charge in [0.1, 0.15) is 11.6 Å². The summed E-state index contributed by atoms with van der Waals surface area (Å²) in [5.41, 5.74) is 5.20. The van der Waals surface area contributed by atoms with Crippen molar-refractivity contribution in [2.24, 2.45) is 0 Å². The van der Waals surface area contributed by atoms with Crippen LogP contribution in [0.5, 0.6) is 5.75 Å². The van der Waals surface area contributed by atoms with Gasteiger partial charge in [-0.15, -0.1) is 0 Å². The molecule has 4 rings (SSSR count). The van der Waals surface area contributed by atoms with E-state index >= 15 is 0 Å². The molecule has 2 N–H and O–H groups in total. The van der Waals surface area contributed by atoms with Gasteiger partial charge >= 0.3 is 0 Å². The summed E-state index contributed by atoms with van der Waals surface area (Å²) >= 11 is 0. The van der Waals surface area contributed by atoms with Crippen molar-refractivity contribution in [3.8, 4) is 5.75 Å². The van der Waals surface area contributed by atoms with Crippen LogP contribution in [0.4, 0.5) is 10.1 Å². The van der Waals surface area contributed by atoms with E-state index in [0.717, 1.165) is 39.2 Å². The summed E-state index contributed by atoms with van der Waals surface area (Å²) in [6.45, 7) is 2.07. The molecule has 3 aromatic carbocycles. The fraction of sp³-hybridized carbons (Fsp3) is 0.130. The smallest absolute Gasteiger partial charge is 0.124 e. The maximum atomic E-state index is 13.4. The van der Waals surface area contributed by atoms with Gasteiger partial charge < -0.3 is 15.0 Å². The maximum Gasteiger partial charge on any atom is 0.124 e. The SMILES string of the molecule is COc1ccccc1C(Nc1ccc(F)cc1)c1c(C)[nH]c2ccccc12. The lowest BCUT2D eigenvalue weighted by molar-refractivity contribution is 0.408. The zero-order valence-corrected chi connectivity index (χ0v) is 15.3. The highest BCUT2D eigenvalue weighted by Crippen LogP contribution is 2.38. The molecule has 0 fully saturated rings. The lowest BCUT2D eigenvalue weighted by Crippen LogP contribution is -2.14. The molecule has 0 radical (unpaired) electrons. The average Bonchev–Trinajstić information content (AvgIpc) is 3.03. The van der Waals surface area contributed by atoms with E-state index in [2.05, 4.69) is 35.4 Å². The molecule has 1 atom stereocenters. The molecular weight excluding hydrogens is 339 g/mol. The molecule has 0 aliphatic rings. The van der Waals surface area contributed by atoms with Gasteiger partial charge in [-0.1, -0.05) is 36.4 Å². The molecule has 1 aromatic heterocycles. The summed E-state index contributed by atoms with van der Waals surface area (Å²) in [7, 11) is 1.68. The Morgan fingerprint density at radius 2 is 1.63 bits per heavy atom. The van der Waals surface area contributed by atoms with Crippen LogP contribution in [0.25, 0.3) is 10.9 Å². The Labute approximate surface area is 157 Å². The summed E-state index contributed by atoms with van der Waals surface area (Å²) in [5, 5.41) is 4.72. The van der Waals surface area contributed by atoms with Gasteiger partial charge in [-0.3, -0.25) is 0 Å². The Balaban J connectivity index is 1.89. The first kappa shape index (κ1) is 17.2. The van der Waals surface area contributed by atoms with Gasteiger partial charge in [-0.05, 0) is 43.3 Å². The van der Waals surface area contributed by atoms with Crippen LogP contribution in [0.2, 0.25) is 0 Å². The number of halogens is 1. The average molecular weight is 360 g/mol. The molecule has 27 heavy (non-hydrogen) atoms. The number of methoxy groups -OCH3 is 1. The van der Waals surface area contributed by atoms with E-state index in [1.54, 1.807) is 19.2 Å². The van der Waals surface area contributed by atoms with Gasteiger partial charge in [0.15, 0.2) is 0 Å². The molecule has 0 aliphatic heterocycles. The van der Waals surface area contributed by atoms with Crippen molar-refractivity contribution in [1.29, 1.82) is 0 Å². The molecule has 1 heterocycles. The number of H-pyrrole nitrogens is 1. The van der Waals surface area contributed by atoms with E-state index in [4.69, 9.17) is 4.74 Å². The van der Waals surface area contributed by atoms with Gasteiger partial charge in [-0.2, -0.15) is 0 Å². The predicted molar refractivity (Wildman–Crippen MR) is 108 cm³/mol. The van der Waals surface area contributed by atoms with Crippen molar-refractivity contribution in [3.05, 3.63) is 95.4 Å². The second kappa shape index (κ2) is 7.16. The third-order valence-corrected chi connectivity index (χ3v) is 4.84. The van der Waals surface area contributed by atoms with Crippen molar-refractivity contribution < 1.29 is 9.13 Å². The number of aryl methyl sites for hydroxylation is 1. The van der Waals surface area contributed by atoms with Crippen LogP contribution >= 0.6 is 0 Å². The zero-order valence-electron chi connectivity index (χ0n) is 15.3. The normalized spacial score (nSPS) is 12.1. The van der Waals surface area contributed by atoms with E-state index < -0.39 is 0 Å². The Morgan fingerprint density at radius 3 is 2.41 bits per heavy atom. The number of para-hydroxylation sites is 2. The number of hydrogen-bond donors (Lipinski definition) is 2. The van der Waals surface area contributed by atoms with Crippen molar-refractivity contribution in [2.75, 3.05) is 12.4 Å². The predicted octanol–water partition coefficient (Wildman–Crippen LogP) is 5.83. The number of benzene rings is 3. The summed E-state index contributed by atoms with van der Waals surface area (Å²) in [4.78, 5) is 3.47. The topological polar surface area (TPSA) is 37.0 Å². The Kier molecular flexibility index (Phi) is 4.55. The number of anilines is 1. The van der Waals surface area contributed by atoms with E-state index in [9.17, 15) is 4.39 Å². The van der Waals surface area contributed by atoms with Gasteiger partial charge in [-0.25, -0.2) is 4.39 Å². The van der Waals surface area contributed by atoms with E-state index in [1.165, 1.54) is 12.1 Å². The molecule has 4 aromatic rings. The summed E-state index contributed by atoms with van der Waals surface area (Å²) in [6, 6.07) is 22.5. The molecule has 0 spiro atoms. The summed E-state index contributed by atoms with van der Waals surface area (Å²) in [5.74, 6) is 0.555. The van der Waals surface area contributed by atoms with Crippen molar-refractivity contribution in [3.63, 3.8) is 0 Å². The highest BCUT2D eigenvalue weighted by Gasteiger charge is 2.23. The Morgan fingerprint density at radius 1 is 0.926 bits per heavy atom. The van der Waals surface area contributed by atoms with Crippen molar-refractivity contribution in [1.82, 2.24) is 4.98 Å². The largest absolute Gasteiger partial charge is 0.496 e. The molecular formula is C23H21FN2O. The van der Waals surface area contributed by atoms with E-state index in [-0.39, 0.29) is 11.9 Å². The summed E-state index contributed by atoms with van der Waals surface area (Å²) < 4.78 is 19.0. The lowest BCUT2D eigenvalue weighted by Gasteiger charge is -2.23. The fourth-order valence-electron chi connectivity index (χ4n) is 3.59. The van der Waals surface area contributed by atoms with Crippen LogP contribution in [0.15, 0.2) is 72.8 Å². The first-order chi connectivity index (χ1) is 13.2. The number of fused-ring (bicyclic) bond motifs is 1. The Bertz CT molecular complexity index is 1070. The quantitative estimate of drug-likeness (QED) is 0.470. The molecule has 1 unspecified atom stereocenters. The number of hydrogen-bond acceptors (Lipinski definition) is 2. The molecule has 0 aliphatic carbocycles. The third-order valence-electron chi connectivity index (χ3n) is 4.84. The number of nitrogens with one attached hydrogen (secondary N) is 2. The van der Waals surface area contributed by atoms with Gasteiger partial charge in [0.05, 0.1) is 13.2 Å². The number of aromatic nitrogens is 1.